The molecule has 0 amide bonds. The number of carboxylic acid groups (broad SMARTS) is 1. The zero-order chi connectivity index (χ0) is 13.8. The van der Waals surface area contributed by atoms with Crippen molar-refractivity contribution in [3.05, 3.63) is 42.0 Å². The fourth-order valence-corrected chi connectivity index (χ4v) is 2.84. The molecule has 2 aromatic rings. The van der Waals surface area contributed by atoms with Crippen LogP contribution in [0, 0.1) is 6.92 Å². The van der Waals surface area contributed by atoms with Gasteiger partial charge in [0.25, 0.3) is 0 Å². The normalized spacial score (nSPS) is 12.5. The summed E-state index contributed by atoms with van der Waals surface area (Å²) in [5.74, 6) is -0.578. The van der Waals surface area contributed by atoms with Gasteiger partial charge < -0.3 is 10.2 Å². The zero-order valence-corrected chi connectivity index (χ0v) is 11.5. The minimum Gasteiger partial charge on any atom is -0.481 e. The Labute approximate surface area is 116 Å². The molecule has 2 N–H and O–H groups in total. The molecule has 3 nitrogen and oxygen atoms in total. The molecule has 0 bridgehead atoms. The number of aliphatic carboxylic acids is 1. The number of hydrogen-bond acceptors (Lipinski definition) is 3. The maximum Gasteiger partial charge on any atom is 0.306 e. The summed E-state index contributed by atoms with van der Waals surface area (Å²) < 4.78 is 0. The van der Waals surface area contributed by atoms with Gasteiger partial charge in [-0.25, -0.2) is 0 Å². The summed E-state index contributed by atoms with van der Waals surface area (Å²) in [7, 11) is 0. The Morgan fingerprint density at radius 3 is 2.84 bits per heavy atom. The van der Waals surface area contributed by atoms with Gasteiger partial charge in [-0.15, -0.1) is 11.8 Å². The number of carboxylic acids is 1. The topological polar surface area (TPSA) is 57.5 Å². The first kappa shape index (κ1) is 13.9. The van der Waals surface area contributed by atoms with Crippen LogP contribution in [-0.4, -0.2) is 28.0 Å². The van der Waals surface area contributed by atoms with Gasteiger partial charge in [0.1, 0.15) is 0 Å². The molecule has 0 heterocycles. The second-order valence-electron chi connectivity index (χ2n) is 4.52. The lowest BCUT2D eigenvalue weighted by atomic mass is 10.1. The van der Waals surface area contributed by atoms with Crippen LogP contribution in [0.15, 0.2) is 41.3 Å². The fourth-order valence-electron chi connectivity index (χ4n) is 1.97. The van der Waals surface area contributed by atoms with E-state index in [1.807, 2.05) is 12.1 Å². The van der Waals surface area contributed by atoms with Crippen LogP contribution in [0.1, 0.15) is 12.0 Å². The molecule has 0 saturated carbocycles. The van der Waals surface area contributed by atoms with Crippen molar-refractivity contribution < 1.29 is 15.0 Å². The lowest BCUT2D eigenvalue weighted by molar-refractivity contribution is -0.138. The second-order valence-corrected chi connectivity index (χ2v) is 5.61. The van der Waals surface area contributed by atoms with Gasteiger partial charge in [0.05, 0.1) is 12.5 Å². The minimum absolute atomic E-state index is 0.209. The standard InChI is InChI=1S/C15H16O3S/c1-10-3-2-4-11-7-13(5-6-14(10)11)19-9-12(16)8-15(17)18/h2-7,12,16H,8-9H2,1H3,(H,17,18). The number of thioether (sulfide) groups is 1. The number of fused-ring (bicyclic) bond motifs is 1. The summed E-state index contributed by atoms with van der Waals surface area (Å²) in [5.41, 5.74) is 1.24. The smallest absolute Gasteiger partial charge is 0.306 e. The van der Waals surface area contributed by atoms with Crippen molar-refractivity contribution in [1.82, 2.24) is 0 Å². The number of aryl methyl sites for hydroxylation is 1. The summed E-state index contributed by atoms with van der Waals surface area (Å²) in [6.07, 6.45) is -1.02. The number of benzene rings is 2. The molecular formula is C15H16O3S. The predicted octanol–water partition coefficient (Wildman–Crippen LogP) is 3.08. The highest BCUT2D eigenvalue weighted by Gasteiger charge is 2.10. The molecule has 1 atom stereocenters. The van der Waals surface area contributed by atoms with E-state index in [-0.39, 0.29) is 6.42 Å². The molecule has 0 spiro atoms. The van der Waals surface area contributed by atoms with Crippen molar-refractivity contribution >= 4 is 28.5 Å². The Balaban J connectivity index is 2.08. The first-order valence-electron chi connectivity index (χ1n) is 6.08. The largest absolute Gasteiger partial charge is 0.481 e. The van der Waals surface area contributed by atoms with Gasteiger partial charge in [0, 0.05) is 10.6 Å². The van der Waals surface area contributed by atoms with Crippen LogP contribution in [0.5, 0.6) is 0 Å². The summed E-state index contributed by atoms with van der Waals surface area (Å²) in [6, 6.07) is 12.3. The van der Waals surface area contributed by atoms with Crippen molar-refractivity contribution in [1.29, 1.82) is 0 Å². The third-order valence-corrected chi connectivity index (χ3v) is 4.06. The van der Waals surface area contributed by atoms with Crippen LogP contribution in [0.2, 0.25) is 0 Å². The molecule has 0 radical (unpaired) electrons. The van der Waals surface area contributed by atoms with Crippen LogP contribution >= 0.6 is 11.8 Å². The summed E-state index contributed by atoms with van der Waals surface area (Å²) in [6.45, 7) is 2.08. The van der Waals surface area contributed by atoms with E-state index < -0.39 is 12.1 Å². The number of aliphatic hydroxyl groups excluding tert-OH is 1. The van der Waals surface area contributed by atoms with Gasteiger partial charge in [-0.2, -0.15) is 0 Å². The van der Waals surface area contributed by atoms with E-state index in [0.717, 1.165) is 10.3 Å². The van der Waals surface area contributed by atoms with E-state index in [4.69, 9.17) is 5.11 Å². The predicted molar refractivity (Wildman–Crippen MR) is 77.7 cm³/mol. The Hall–Kier alpha value is -1.52. The first-order valence-corrected chi connectivity index (χ1v) is 7.07. The van der Waals surface area contributed by atoms with Crippen LogP contribution in [-0.2, 0) is 4.79 Å². The molecule has 19 heavy (non-hydrogen) atoms. The number of rotatable bonds is 5. The molecule has 0 aromatic heterocycles. The van der Waals surface area contributed by atoms with E-state index in [9.17, 15) is 9.90 Å². The highest BCUT2D eigenvalue weighted by Crippen LogP contribution is 2.26. The van der Waals surface area contributed by atoms with E-state index in [0.29, 0.717) is 5.75 Å². The van der Waals surface area contributed by atoms with Gasteiger partial charge in [0.15, 0.2) is 0 Å². The van der Waals surface area contributed by atoms with Crippen LogP contribution in [0.4, 0.5) is 0 Å². The molecule has 0 aliphatic carbocycles. The van der Waals surface area contributed by atoms with Gasteiger partial charge >= 0.3 is 5.97 Å². The lowest BCUT2D eigenvalue weighted by Gasteiger charge is -2.09. The molecule has 0 fully saturated rings. The van der Waals surface area contributed by atoms with Crippen molar-refractivity contribution in [3.63, 3.8) is 0 Å². The molecule has 1 unspecified atom stereocenters. The SMILES string of the molecule is Cc1cccc2cc(SCC(O)CC(=O)O)ccc12. The number of carbonyl (C=O) groups is 1. The van der Waals surface area contributed by atoms with E-state index in [2.05, 4.69) is 31.2 Å². The Kier molecular flexibility index (Phi) is 4.45. The molecule has 0 aliphatic rings. The van der Waals surface area contributed by atoms with Crippen molar-refractivity contribution in [2.45, 2.75) is 24.3 Å². The minimum atomic E-state index is -0.970. The van der Waals surface area contributed by atoms with Gasteiger partial charge in [-0.1, -0.05) is 24.3 Å². The van der Waals surface area contributed by atoms with Crippen LogP contribution in [0.25, 0.3) is 10.8 Å². The zero-order valence-electron chi connectivity index (χ0n) is 10.7. The van der Waals surface area contributed by atoms with Gasteiger partial charge in [0.2, 0.25) is 0 Å². The van der Waals surface area contributed by atoms with Crippen LogP contribution < -0.4 is 0 Å². The Morgan fingerprint density at radius 2 is 2.11 bits per heavy atom. The highest BCUT2D eigenvalue weighted by atomic mass is 32.2. The van der Waals surface area contributed by atoms with E-state index in [1.165, 1.54) is 22.7 Å². The molecule has 2 aromatic carbocycles. The fraction of sp³-hybridized carbons (Fsp3) is 0.267. The van der Waals surface area contributed by atoms with Crippen LogP contribution in [0.3, 0.4) is 0 Å². The van der Waals surface area contributed by atoms with E-state index in [1.54, 1.807) is 0 Å². The molecule has 0 saturated heterocycles. The number of hydrogen-bond donors (Lipinski definition) is 2. The third kappa shape index (κ3) is 3.72. The average molecular weight is 276 g/mol. The van der Waals surface area contributed by atoms with Gasteiger partial charge in [-0.05, 0) is 35.4 Å². The summed E-state index contributed by atoms with van der Waals surface area (Å²) in [5, 5.41) is 20.5. The Morgan fingerprint density at radius 1 is 1.32 bits per heavy atom. The van der Waals surface area contributed by atoms with Crippen molar-refractivity contribution in [2.75, 3.05) is 5.75 Å². The van der Waals surface area contributed by atoms with Crippen molar-refractivity contribution in [2.24, 2.45) is 0 Å². The second kappa shape index (κ2) is 6.08. The maximum atomic E-state index is 10.5. The molecule has 0 aliphatic heterocycles. The first-order chi connectivity index (χ1) is 9.06. The molecule has 2 rings (SSSR count). The van der Waals surface area contributed by atoms with Gasteiger partial charge in [-0.3, -0.25) is 4.79 Å². The lowest BCUT2D eigenvalue weighted by Crippen LogP contribution is -2.15. The Bertz CT molecular complexity index is 595. The monoisotopic (exact) mass is 276 g/mol. The molecular weight excluding hydrogens is 260 g/mol. The molecule has 4 heteroatoms. The average Bonchev–Trinajstić information content (AvgIpc) is 2.36. The molecule has 100 valence electrons. The van der Waals surface area contributed by atoms with E-state index >= 15 is 0 Å². The highest BCUT2D eigenvalue weighted by molar-refractivity contribution is 7.99. The summed E-state index contributed by atoms with van der Waals surface area (Å²) >= 11 is 1.48. The maximum absolute atomic E-state index is 10.5. The van der Waals surface area contributed by atoms with Crippen molar-refractivity contribution in [3.8, 4) is 0 Å². The third-order valence-electron chi connectivity index (χ3n) is 2.92. The number of aliphatic hydroxyl groups is 1. The summed E-state index contributed by atoms with van der Waals surface area (Å²) in [4.78, 5) is 11.5. The quantitative estimate of drug-likeness (QED) is 0.824.